The van der Waals surface area contributed by atoms with Crippen molar-refractivity contribution in [1.29, 1.82) is 10.8 Å². The van der Waals surface area contributed by atoms with Crippen LogP contribution in [0.5, 0.6) is 0 Å². The van der Waals surface area contributed by atoms with Crippen molar-refractivity contribution in [2.24, 2.45) is 5.41 Å². The van der Waals surface area contributed by atoms with Gasteiger partial charge in [0.1, 0.15) is 0 Å². The second kappa shape index (κ2) is 14.5. The average Bonchev–Trinajstić information content (AvgIpc) is 2.34. The van der Waals surface area contributed by atoms with Crippen LogP contribution in [0.2, 0.25) is 0 Å². The summed E-state index contributed by atoms with van der Waals surface area (Å²) in [6.07, 6.45) is 1.43. The lowest BCUT2D eigenvalue weighted by atomic mass is 9.88. The van der Waals surface area contributed by atoms with E-state index in [4.69, 9.17) is 31.2 Å². The van der Waals surface area contributed by atoms with E-state index >= 15 is 0 Å². The molecule has 0 radical (unpaired) electrons. The summed E-state index contributed by atoms with van der Waals surface area (Å²) in [5.41, 5.74) is -0.667. The number of aliphatic hydroxyl groups excluding tert-OH is 3. The number of nitrogens with one attached hydrogen (secondary N) is 2. The molecule has 7 heteroatoms. The zero-order chi connectivity index (χ0) is 14.3. The van der Waals surface area contributed by atoms with Crippen molar-refractivity contribution in [2.75, 3.05) is 19.8 Å². The van der Waals surface area contributed by atoms with Gasteiger partial charge in [0.25, 0.3) is 0 Å². The fraction of sp³-hybridized carbons (Fsp3) is 0.600. The lowest BCUT2D eigenvalue weighted by Crippen LogP contribution is -2.32. The van der Waals surface area contributed by atoms with Crippen LogP contribution in [0.4, 0.5) is 0 Å². The van der Waals surface area contributed by atoms with E-state index in [1.807, 2.05) is 6.92 Å². The highest BCUT2D eigenvalue weighted by Crippen LogP contribution is 2.18. The Balaban J connectivity index is -0.000000207. The molecule has 0 aromatic rings. The second-order valence-corrected chi connectivity index (χ2v) is 3.00. The fourth-order valence-corrected chi connectivity index (χ4v) is 0.485. The Morgan fingerprint density at radius 2 is 1.53 bits per heavy atom. The van der Waals surface area contributed by atoms with Crippen LogP contribution < -0.4 is 0 Å². The van der Waals surface area contributed by atoms with Crippen molar-refractivity contribution in [3.8, 4) is 0 Å². The average molecular weight is 248 g/mol. The minimum absolute atomic E-state index is 0.156. The number of aliphatic carboxylic acids is 1. The standard InChI is InChI=1S/C6H14O3.C3H4O2.CH2N2/c1-2-6(3-7,4-8)5-9;1-2-3(4)5;2-1-3/h7-9H,2-5H2,1H3;2H,1H2,(H,4,5);2-3H. The first-order chi connectivity index (χ1) is 7.93. The number of aliphatic hydroxyl groups is 3. The molecule has 0 aromatic heterocycles. The summed E-state index contributed by atoms with van der Waals surface area (Å²) in [7, 11) is 0. The highest BCUT2D eigenvalue weighted by atomic mass is 16.4. The molecule has 0 saturated carbocycles. The zero-order valence-electron chi connectivity index (χ0n) is 9.81. The van der Waals surface area contributed by atoms with Crippen LogP contribution in [0, 0.1) is 16.2 Å². The summed E-state index contributed by atoms with van der Waals surface area (Å²) in [6, 6.07) is 1.25. The largest absolute Gasteiger partial charge is 0.478 e. The molecule has 0 unspecified atom stereocenters. The Hall–Kier alpha value is -1.53. The minimum Gasteiger partial charge on any atom is -0.478 e. The molecule has 0 aliphatic carbocycles. The lowest BCUT2D eigenvalue weighted by molar-refractivity contribution is -0.131. The van der Waals surface area contributed by atoms with E-state index in [0.29, 0.717) is 6.42 Å². The van der Waals surface area contributed by atoms with E-state index in [1.54, 1.807) is 0 Å². The molecule has 0 spiro atoms. The number of carboxylic acids is 1. The van der Waals surface area contributed by atoms with Gasteiger partial charge in [-0.25, -0.2) is 15.6 Å². The van der Waals surface area contributed by atoms with Gasteiger partial charge in [0.2, 0.25) is 0 Å². The third-order valence-electron chi connectivity index (χ3n) is 1.93. The van der Waals surface area contributed by atoms with Crippen molar-refractivity contribution < 1.29 is 25.2 Å². The normalized spacial score (nSPS) is 8.71. The Kier molecular flexibility index (Phi) is 17.7. The van der Waals surface area contributed by atoms with Crippen molar-refractivity contribution in [3.63, 3.8) is 0 Å². The maximum absolute atomic E-state index is 9.25. The second-order valence-electron chi connectivity index (χ2n) is 3.00. The SMILES string of the molecule is C=CC(=O)O.CCC(CO)(CO)CO.N=C=N. The summed E-state index contributed by atoms with van der Waals surface area (Å²) < 4.78 is 0. The predicted octanol–water partition coefficient (Wildman–Crippen LogP) is -0.0655. The first-order valence-corrected chi connectivity index (χ1v) is 4.69. The van der Waals surface area contributed by atoms with Crippen LogP contribution in [0.3, 0.4) is 0 Å². The minimum atomic E-state index is -0.981. The monoisotopic (exact) mass is 248 g/mol. The van der Waals surface area contributed by atoms with Crippen LogP contribution in [-0.4, -0.2) is 52.2 Å². The Morgan fingerprint density at radius 3 is 1.53 bits per heavy atom. The number of hydrogen-bond acceptors (Lipinski definition) is 6. The number of hydrogen-bond donors (Lipinski definition) is 6. The summed E-state index contributed by atoms with van der Waals surface area (Å²) in [4.78, 5) is 9.25. The van der Waals surface area contributed by atoms with E-state index in [1.165, 1.54) is 6.01 Å². The number of carboxylic acid groups (broad SMARTS) is 1. The van der Waals surface area contributed by atoms with Gasteiger partial charge in [0.05, 0.1) is 25.8 Å². The van der Waals surface area contributed by atoms with Gasteiger partial charge in [-0.15, -0.1) is 0 Å². The Morgan fingerprint density at radius 1 is 1.29 bits per heavy atom. The molecule has 0 aromatic carbocycles. The molecule has 0 fully saturated rings. The molecular formula is C10H20N2O5. The molecule has 0 rings (SSSR count). The maximum atomic E-state index is 9.25. The van der Waals surface area contributed by atoms with Gasteiger partial charge in [0.15, 0.2) is 0 Å². The fourth-order valence-electron chi connectivity index (χ4n) is 0.485. The molecule has 0 aliphatic heterocycles. The van der Waals surface area contributed by atoms with Gasteiger partial charge in [-0.1, -0.05) is 13.5 Å². The summed E-state index contributed by atoms with van der Waals surface area (Å²) in [5.74, 6) is -0.981. The zero-order valence-corrected chi connectivity index (χ0v) is 9.81. The van der Waals surface area contributed by atoms with Crippen molar-refractivity contribution in [3.05, 3.63) is 12.7 Å². The van der Waals surface area contributed by atoms with Crippen molar-refractivity contribution in [2.45, 2.75) is 13.3 Å². The van der Waals surface area contributed by atoms with Crippen LogP contribution in [0.25, 0.3) is 0 Å². The molecule has 17 heavy (non-hydrogen) atoms. The third-order valence-corrected chi connectivity index (χ3v) is 1.93. The lowest BCUT2D eigenvalue weighted by Gasteiger charge is -2.24. The first-order valence-electron chi connectivity index (χ1n) is 4.69. The quantitative estimate of drug-likeness (QED) is 0.298. The predicted molar refractivity (Wildman–Crippen MR) is 62.3 cm³/mol. The van der Waals surface area contributed by atoms with Gasteiger partial charge < -0.3 is 20.4 Å². The molecule has 0 saturated heterocycles. The van der Waals surface area contributed by atoms with Crippen LogP contribution in [-0.2, 0) is 4.79 Å². The molecule has 7 nitrogen and oxygen atoms in total. The molecule has 100 valence electrons. The van der Waals surface area contributed by atoms with Gasteiger partial charge >= 0.3 is 5.97 Å². The number of rotatable bonds is 5. The topological polar surface area (TPSA) is 146 Å². The van der Waals surface area contributed by atoms with E-state index in [-0.39, 0.29) is 19.8 Å². The summed E-state index contributed by atoms with van der Waals surface area (Å²) in [5, 5.41) is 44.8. The molecular weight excluding hydrogens is 228 g/mol. The van der Waals surface area contributed by atoms with E-state index < -0.39 is 11.4 Å². The Bertz CT molecular complexity index is 215. The number of carbonyl (C=O) groups is 1. The van der Waals surface area contributed by atoms with E-state index in [0.717, 1.165) is 6.08 Å². The van der Waals surface area contributed by atoms with Crippen LogP contribution in [0.15, 0.2) is 12.7 Å². The van der Waals surface area contributed by atoms with Crippen molar-refractivity contribution >= 4 is 12.0 Å². The van der Waals surface area contributed by atoms with Gasteiger partial charge in [-0.05, 0) is 6.42 Å². The molecule has 6 N–H and O–H groups in total. The summed E-state index contributed by atoms with van der Waals surface area (Å²) in [6.45, 7) is 4.31. The van der Waals surface area contributed by atoms with Gasteiger partial charge in [-0.2, -0.15) is 0 Å². The maximum Gasteiger partial charge on any atom is 0.327 e. The highest BCUT2D eigenvalue weighted by Gasteiger charge is 2.24. The van der Waals surface area contributed by atoms with E-state index in [9.17, 15) is 4.79 Å². The Labute approximate surface area is 100 Å². The van der Waals surface area contributed by atoms with Gasteiger partial charge in [0, 0.05) is 11.5 Å². The molecule has 0 bridgehead atoms. The first kappa shape index (κ1) is 20.8. The molecule has 0 amide bonds. The van der Waals surface area contributed by atoms with Crippen molar-refractivity contribution in [1.82, 2.24) is 0 Å². The van der Waals surface area contributed by atoms with Crippen LogP contribution in [0.1, 0.15) is 13.3 Å². The molecule has 0 heterocycles. The molecule has 0 aliphatic rings. The molecule has 0 atom stereocenters. The van der Waals surface area contributed by atoms with Crippen LogP contribution >= 0.6 is 0 Å². The summed E-state index contributed by atoms with van der Waals surface area (Å²) >= 11 is 0. The smallest absolute Gasteiger partial charge is 0.327 e. The third kappa shape index (κ3) is 14.5. The highest BCUT2D eigenvalue weighted by molar-refractivity contribution is 5.78. The van der Waals surface area contributed by atoms with E-state index in [2.05, 4.69) is 6.58 Å². The van der Waals surface area contributed by atoms with Gasteiger partial charge in [-0.3, -0.25) is 0 Å².